The summed E-state index contributed by atoms with van der Waals surface area (Å²) in [5.74, 6) is -0.0209. The summed E-state index contributed by atoms with van der Waals surface area (Å²) in [6.45, 7) is 1.99. The molecule has 0 saturated heterocycles. The van der Waals surface area contributed by atoms with Gasteiger partial charge in [0, 0.05) is 29.3 Å². The summed E-state index contributed by atoms with van der Waals surface area (Å²) < 4.78 is 5.41. The lowest BCUT2D eigenvalue weighted by Crippen LogP contribution is -2.29. The first kappa shape index (κ1) is 18.0. The Hall–Kier alpha value is -3.41. The summed E-state index contributed by atoms with van der Waals surface area (Å²) in [6.07, 6.45) is 3.10. The van der Waals surface area contributed by atoms with Crippen LogP contribution in [0.2, 0.25) is 0 Å². The smallest absolute Gasteiger partial charge is 0.261 e. The van der Waals surface area contributed by atoms with Crippen LogP contribution in [0.3, 0.4) is 0 Å². The molecule has 1 aromatic carbocycles. The Labute approximate surface area is 161 Å². The molecular weight excluding hydrogens is 356 g/mol. The number of Topliss-reactive ketones (excluding diaryl/α,β-unsaturated/α-hetero) is 1. The van der Waals surface area contributed by atoms with Gasteiger partial charge in [-0.25, -0.2) is 0 Å². The number of furan rings is 1. The van der Waals surface area contributed by atoms with Gasteiger partial charge in [-0.3, -0.25) is 14.4 Å². The van der Waals surface area contributed by atoms with E-state index in [0.29, 0.717) is 23.4 Å². The monoisotopic (exact) mass is 376 g/mol. The number of anilines is 1. The maximum absolute atomic E-state index is 12.7. The minimum atomic E-state index is -0.522. The molecule has 28 heavy (non-hydrogen) atoms. The van der Waals surface area contributed by atoms with E-state index in [1.165, 1.54) is 6.07 Å². The average molecular weight is 376 g/mol. The second kappa shape index (κ2) is 7.31. The first-order valence-electron chi connectivity index (χ1n) is 9.29. The van der Waals surface area contributed by atoms with E-state index >= 15 is 0 Å². The van der Waals surface area contributed by atoms with Gasteiger partial charge in [-0.2, -0.15) is 0 Å². The van der Waals surface area contributed by atoms with Gasteiger partial charge in [-0.15, -0.1) is 0 Å². The molecule has 0 aliphatic heterocycles. The molecule has 6 heteroatoms. The summed E-state index contributed by atoms with van der Waals surface area (Å²) in [7, 11) is 0. The first-order chi connectivity index (χ1) is 13.6. The van der Waals surface area contributed by atoms with Crippen molar-refractivity contribution in [1.82, 2.24) is 4.98 Å². The molecule has 1 aliphatic carbocycles. The number of ketones is 1. The number of pyridine rings is 1. The van der Waals surface area contributed by atoms with Gasteiger partial charge >= 0.3 is 0 Å². The summed E-state index contributed by atoms with van der Waals surface area (Å²) in [5, 5.41) is 2.79. The number of amides is 1. The normalized spacial score (nSPS) is 15.9. The zero-order valence-electron chi connectivity index (χ0n) is 15.5. The number of aryl methyl sites for hydroxylation is 1. The third kappa shape index (κ3) is 3.29. The second-order valence-corrected chi connectivity index (χ2v) is 6.91. The molecule has 0 spiro atoms. The second-order valence-electron chi connectivity index (χ2n) is 6.91. The van der Waals surface area contributed by atoms with Gasteiger partial charge in [0.1, 0.15) is 11.3 Å². The average Bonchev–Trinajstić information content (AvgIpc) is 3.22. The molecule has 1 atom stereocenters. The molecule has 1 unspecified atom stereocenters. The molecule has 0 fully saturated rings. The van der Waals surface area contributed by atoms with Crippen LogP contribution in [0, 0.1) is 0 Å². The molecule has 142 valence electrons. The summed E-state index contributed by atoms with van der Waals surface area (Å²) in [6, 6.07) is 12.5. The van der Waals surface area contributed by atoms with Gasteiger partial charge in [-0.1, -0.05) is 25.1 Å². The van der Waals surface area contributed by atoms with Crippen LogP contribution < -0.4 is 10.9 Å². The molecule has 1 aliphatic rings. The lowest BCUT2D eigenvalue weighted by Gasteiger charge is -2.22. The Balaban J connectivity index is 1.64. The molecule has 2 heterocycles. The molecule has 0 radical (unpaired) electrons. The van der Waals surface area contributed by atoms with Crippen molar-refractivity contribution in [2.75, 3.05) is 5.32 Å². The zero-order valence-corrected chi connectivity index (χ0v) is 15.5. The third-order valence-electron chi connectivity index (χ3n) is 5.14. The number of para-hydroxylation sites is 1. The van der Waals surface area contributed by atoms with Crippen LogP contribution >= 0.6 is 0 Å². The molecule has 6 nitrogen and oxygen atoms in total. The fourth-order valence-corrected chi connectivity index (χ4v) is 3.66. The number of aromatic nitrogens is 1. The molecule has 4 rings (SSSR count). The molecule has 2 N–H and O–H groups in total. The largest absolute Gasteiger partial charge is 0.469 e. The van der Waals surface area contributed by atoms with Crippen molar-refractivity contribution < 1.29 is 14.0 Å². The van der Waals surface area contributed by atoms with Crippen LogP contribution in [0.15, 0.2) is 57.9 Å². The minimum absolute atomic E-state index is 0.0607. The van der Waals surface area contributed by atoms with Crippen molar-refractivity contribution >= 4 is 17.4 Å². The van der Waals surface area contributed by atoms with Crippen molar-refractivity contribution in [3.63, 3.8) is 0 Å². The van der Waals surface area contributed by atoms with E-state index in [9.17, 15) is 14.4 Å². The van der Waals surface area contributed by atoms with Crippen molar-refractivity contribution in [3.8, 4) is 0 Å². The fourth-order valence-electron chi connectivity index (χ4n) is 3.66. The van der Waals surface area contributed by atoms with E-state index in [1.54, 1.807) is 18.4 Å². The quantitative estimate of drug-likeness (QED) is 0.726. The number of fused-ring (bicyclic) bond motifs is 1. The third-order valence-corrected chi connectivity index (χ3v) is 5.14. The van der Waals surface area contributed by atoms with E-state index in [-0.39, 0.29) is 23.7 Å². The van der Waals surface area contributed by atoms with Gasteiger partial charge in [0.05, 0.1) is 6.26 Å². The van der Waals surface area contributed by atoms with Crippen molar-refractivity contribution in [3.05, 3.63) is 87.2 Å². The van der Waals surface area contributed by atoms with E-state index in [0.717, 1.165) is 17.7 Å². The Morgan fingerprint density at radius 3 is 2.75 bits per heavy atom. The maximum atomic E-state index is 12.7. The lowest BCUT2D eigenvalue weighted by molar-refractivity contribution is 0.0959. The zero-order chi connectivity index (χ0) is 19.7. The highest BCUT2D eigenvalue weighted by atomic mass is 16.3. The van der Waals surface area contributed by atoms with Crippen LogP contribution in [-0.4, -0.2) is 16.7 Å². The van der Waals surface area contributed by atoms with Crippen molar-refractivity contribution in [1.29, 1.82) is 0 Å². The number of nitrogens with one attached hydrogen (secondary N) is 2. The Morgan fingerprint density at radius 1 is 1.18 bits per heavy atom. The van der Waals surface area contributed by atoms with Gasteiger partial charge < -0.3 is 14.7 Å². The minimum Gasteiger partial charge on any atom is -0.469 e. The lowest BCUT2D eigenvalue weighted by atomic mass is 9.84. The van der Waals surface area contributed by atoms with Gasteiger partial charge in [0.25, 0.3) is 11.5 Å². The van der Waals surface area contributed by atoms with Crippen molar-refractivity contribution in [2.24, 2.45) is 0 Å². The predicted octanol–water partition coefficient (Wildman–Crippen LogP) is 3.70. The number of carbonyl (C=O) groups excluding carboxylic acids is 2. The number of hydrogen-bond donors (Lipinski definition) is 2. The predicted molar refractivity (Wildman–Crippen MR) is 105 cm³/mol. The molecule has 3 aromatic rings. The van der Waals surface area contributed by atoms with Crippen LogP contribution in [0.4, 0.5) is 5.69 Å². The number of hydrogen-bond acceptors (Lipinski definition) is 4. The van der Waals surface area contributed by atoms with Crippen LogP contribution in [-0.2, 0) is 12.8 Å². The summed E-state index contributed by atoms with van der Waals surface area (Å²) in [5.41, 5.74) is 2.02. The maximum Gasteiger partial charge on any atom is 0.261 e. The number of aromatic amines is 1. The van der Waals surface area contributed by atoms with E-state index < -0.39 is 11.5 Å². The first-order valence-corrected chi connectivity index (χ1v) is 9.29. The summed E-state index contributed by atoms with van der Waals surface area (Å²) >= 11 is 0. The van der Waals surface area contributed by atoms with Gasteiger partial charge in [-0.05, 0) is 42.7 Å². The summed E-state index contributed by atoms with van der Waals surface area (Å²) in [4.78, 5) is 40.6. The molecular formula is C22H20N2O4. The Morgan fingerprint density at radius 2 is 2.00 bits per heavy atom. The van der Waals surface area contributed by atoms with Crippen LogP contribution in [0.5, 0.6) is 0 Å². The number of rotatable bonds is 4. The SMILES string of the molecule is CCc1ccccc1NC(=O)c1cc2c([nH]c1=O)CC(c1ccco1)CC2=O. The number of carbonyl (C=O) groups is 2. The molecule has 0 bridgehead atoms. The highest BCUT2D eigenvalue weighted by Crippen LogP contribution is 2.31. The van der Waals surface area contributed by atoms with Gasteiger partial charge in [0.2, 0.25) is 0 Å². The van der Waals surface area contributed by atoms with E-state index in [4.69, 9.17) is 4.42 Å². The standard InChI is InChI=1S/C22H20N2O4/c1-2-13-6-3-4-7-17(13)23-21(26)16-12-15-18(24-22(16)27)10-14(11-19(15)25)20-8-5-9-28-20/h3-9,12,14H,2,10-11H2,1H3,(H,23,26)(H,24,27). The number of H-pyrrole nitrogens is 1. The highest BCUT2D eigenvalue weighted by molar-refractivity contribution is 6.07. The van der Waals surface area contributed by atoms with Crippen molar-refractivity contribution in [2.45, 2.75) is 32.1 Å². The Kier molecular flexibility index (Phi) is 4.69. The van der Waals surface area contributed by atoms with Crippen LogP contribution in [0.1, 0.15) is 57.0 Å². The van der Waals surface area contributed by atoms with Crippen LogP contribution in [0.25, 0.3) is 0 Å². The molecule has 2 aromatic heterocycles. The van der Waals surface area contributed by atoms with E-state index in [1.807, 2.05) is 31.2 Å². The fraction of sp³-hybridized carbons (Fsp3) is 0.227. The highest BCUT2D eigenvalue weighted by Gasteiger charge is 2.30. The Bertz CT molecular complexity index is 1100. The molecule has 1 amide bonds. The number of benzene rings is 1. The molecule has 0 saturated carbocycles. The van der Waals surface area contributed by atoms with Gasteiger partial charge in [0.15, 0.2) is 5.78 Å². The topological polar surface area (TPSA) is 92.2 Å². The van der Waals surface area contributed by atoms with E-state index in [2.05, 4.69) is 10.3 Å².